The van der Waals surface area contributed by atoms with Crippen LogP contribution in [-0.2, 0) is 14.8 Å². The van der Waals surface area contributed by atoms with Crippen molar-refractivity contribution in [2.45, 2.75) is 31.8 Å². The fourth-order valence-electron chi connectivity index (χ4n) is 1.38. The van der Waals surface area contributed by atoms with Gasteiger partial charge in [-0.05, 0) is 38.0 Å². The Hall–Kier alpha value is -0.910. The van der Waals surface area contributed by atoms with Gasteiger partial charge in [0.25, 0.3) is 0 Å². The number of aryl methyl sites for hydroxylation is 2. The van der Waals surface area contributed by atoms with Crippen molar-refractivity contribution >= 4 is 10.0 Å². The molecule has 5 heteroatoms. The molecule has 17 heavy (non-hydrogen) atoms. The summed E-state index contributed by atoms with van der Waals surface area (Å²) in [4.78, 5) is 0.334. The smallest absolute Gasteiger partial charge is 0.240 e. The van der Waals surface area contributed by atoms with E-state index in [0.29, 0.717) is 4.90 Å². The molecule has 0 bridgehead atoms. The van der Waals surface area contributed by atoms with Gasteiger partial charge in [0, 0.05) is 13.7 Å². The number of nitrogens with one attached hydrogen (secondary N) is 1. The van der Waals surface area contributed by atoms with Crippen LogP contribution >= 0.6 is 0 Å². The summed E-state index contributed by atoms with van der Waals surface area (Å²) in [7, 11) is -1.90. The molecule has 4 nitrogen and oxygen atoms in total. The van der Waals surface area contributed by atoms with E-state index < -0.39 is 10.0 Å². The zero-order valence-corrected chi connectivity index (χ0v) is 11.5. The van der Waals surface area contributed by atoms with E-state index in [1.807, 2.05) is 26.0 Å². The number of hydrogen-bond donors (Lipinski definition) is 1. The van der Waals surface area contributed by atoms with E-state index in [2.05, 4.69) is 4.72 Å². The van der Waals surface area contributed by atoms with Gasteiger partial charge in [-0.3, -0.25) is 0 Å². The highest BCUT2D eigenvalue weighted by atomic mass is 32.2. The van der Waals surface area contributed by atoms with Crippen molar-refractivity contribution in [3.05, 3.63) is 29.3 Å². The molecule has 0 aliphatic heterocycles. The van der Waals surface area contributed by atoms with E-state index >= 15 is 0 Å². The summed E-state index contributed by atoms with van der Waals surface area (Å²) in [5, 5.41) is 0. The van der Waals surface area contributed by atoms with Crippen LogP contribution in [0.25, 0.3) is 0 Å². The Bertz CT molecular complexity index is 483. The fraction of sp³-hybridized carbons (Fsp3) is 0.500. The molecule has 0 aliphatic carbocycles. The molecule has 0 spiro atoms. The SMILES string of the molecule is COC(C)CNS(=O)(=O)c1cc(C)ccc1C. The third kappa shape index (κ3) is 3.80. The lowest BCUT2D eigenvalue weighted by Gasteiger charge is -2.13. The number of methoxy groups -OCH3 is 1. The number of ether oxygens (including phenoxy) is 1. The van der Waals surface area contributed by atoms with E-state index in [9.17, 15) is 8.42 Å². The second kappa shape index (κ2) is 5.62. The van der Waals surface area contributed by atoms with Crippen LogP contribution in [0.15, 0.2) is 23.1 Å². The highest BCUT2D eigenvalue weighted by Gasteiger charge is 2.17. The highest BCUT2D eigenvalue weighted by Crippen LogP contribution is 2.16. The molecule has 1 atom stereocenters. The van der Waals surface area contributed by atoms with E-state index in [-0.39, 0.29) is 12.6 Å². The van der Waals surface area contributed by atoms with E-state index in [4.69, 9.17) is 4.74 Å². The Kier molecular flexibility index (Phi) is 4.68. The molecular weight excluding hydrogens is 238 g/mol. The first-order valence-corrected chi connectivity index (χ1v) is 6.95. The topological polar surface area (TPSA) is 55.4 Å². The molecule has 0 amide bonds. The Morgan fingerprint density at radius 1 is 1.35 bits per heavy atom. The van der Waals surface area contributed by atoms with Gasteiger partial charge in [-0.1, -0.05) is 12.1 Å². The molecule has 0 radical (unpaired) electrons. The maximum atomic E-state index is 12.1. The molecule has 0 aliphatic rings. The van der Waals surface area contributed by atoms with Crippen LogP contribution in [-0.4, -0.2) is 28.2 Å². The van der Waals surface area contributed by atoms with Gasteiger partial charge in [-0.2, -0.15) is 0 Å². The summed E-state index contributed by atoms with van der Waals surface area (Å²) in [5.74, 6) is 0. The molecule has 0 aromatic heterocycles. The Balaban J connectivity index is 2.93. The highest BCUT2D eigenvalue weighted by molar-refractivity contribution is 7.89. The molecule has 1 rings (SSSR count). The Morgan fingerprint density at radius 2 is 2.00 bits per heavy atom. The number of hydrogen-bond acceptors (Lipinski definition) is 3. The molecule has 1 aromatic rings. The normalized spacial score (nSPS) is 13.6. The van der Waals surface area contributed by atoms with E-state index in [1.54, 1.807) is 20.1 Å². The molecule has 1 N–H and O–H groups in total. The van der Waals surface area contributed by atoms with E-state index in [1.165, 1.54) is 0 Å². The standard InChI is InChI=1S/C12H19NO3S/c1-9-5-6-10(2)12(7-9)17(14,15)13-8-11(3)16-4/h5-7,11,13H,8H2,1-4H3. The van der Waals surface area contributed by atoms with Crippen LogP contribution in [0.1, 0.15) is 18.1 Å². The van der Waals surface area contributed by atoms with Gasteiger partial charge in [0.1, 0.15) is 0 Å². The van der Waals surface area contributed by atoms with Crippen LogP contribution in [0.5, 0.6) is 0 Å². The van der Waals surface area contributed by atoms with Gasteiger partial charge in [-0.15, -0.1) is 0 Å². The zero-order valence-electron chi connectivity index (χ0n) is 10.6. The summed E-state index contributed by atoms with van der Waals surface area (Å²) in [5.41, 5.74) is 1.67. The first-order valence-electron chi connectivity index (χ1n) is 5.46. The third-order valence-corrected chi connectivity index (χ3v) is 4.16. The van der Waals surface area contributed by atoms with Gasteiger partial charge in [0.2, 0.25) is 10.0 Å². The summed E-state index contributed by atoms with van der Waals surface area (Å²) >= 11 is 0. The average molecular weight is 257 g/mol. The maximum Gasteiger partial charge on any atom is 0.240 e. The maximum absolute atomic E-state index is 12.1. The van der Waals surface area contributed by atoms with Crippen molar-refractivity contribution in [1.29, 1.82) is 0 Å². The monoisotopic (exact) mass is 257 g/mol. The summed E-state index contributed by atoms with van der Waals surface area (Å²) in [6.45, 7) is 5.74. The van der Waals surface area contributed by atoms with Crippen molar-refractivity contribution in [1.82, 2.24) is 4.72 Å². The van der Waals surface area contributed by atoms with Crippen LogP contribution in [0.4, 0.5) is 0 Å². The van der Waals surface area contributed by atoms with Gasteiger partial charge >= 0.3 is 0 Å². The molecule has 0 saturated carbocycles. The van der Waals surface area contributed by atoms with Crippen LogP contribution in [0.3, 0.4) is 0 Å². The van der Waals surface area contributed by atoms with Crippen LogP contribution < -0.4 is 4.72 Å². The van der Waals surface area contributed by atoms with Crippen molar-refractivity contribution in [3.8, 4) is 0 Å². The molecule has 1 aromatic carbocycles. The molecule has 96 valence electrons. The van der Waals surface area contributed by atoms with Crippen LogP contribution in [0, 0.1) is 13.8 Å². The predicted octanol–water partition coefficient (Wildman–Crippen LogP) is 1.62. The fourth-order valence-corrected chi connectivity index (χ4v) is 2.83. The van der Waals surface area contributed by atoms with Crippen LogP contribution in [0.2, 0.25) is 0 Å². The minimum Gasteiger partial charge on any atom is -0.380 e. The molecule has 0 saturated heterocycles. The summed E-state index contributed by atoms with van der Waals surface area (Å²) in [6, 6.07) is 5.38. The van der Waals surface area contributed by atoms with Crippen molar-refractivity contribution in [2.24, 2.45) is 0 Å². The number of rotatable bonds is 5. The van der Waals surface area contributed by atoms with Gasteiger partial charge in [0.05, 0.1) is 11.0 Å². The lowest BCUT2D eigenvalue weighted by atomic mass is 10.2. The van der Waals surface area contributed by atoms with Gasteiger partial charge in [-0.25, -0.2) is 13.1 Å². The molecule has 1 unspecified atom stereocenters. The third-order valence-electron chi connectivity index (χ3n) is 2.60. The molecule has 0 fully saturated rings. The lowest BCUT2D eigenvalue weighted by molar-refractivity contribution is 0.122. The predicted molar refractivity (Wildman–Crippen MR) is 67.6 cm³/mol. The van der Waals surface area contributed by atoms with Gasteiger partial charge in [0.15, 0.2) is 0 Å². The van der Waals surface area contributed by atoms with Crippen molar-refractivity contribution < 1.29 is 13.2 Å². The number of sulfonamides is 1. The molecule has 0 heterocycles. The van der Waals surface area contributed by atoms with Gasteiger partial charge < -0.3 is 4.74 Å². The van der Waals surface area contributed by atoms with E-state index in [0.717, 1.165) is 11.1 Å². The Morgan fingerprint density at radius 3 is 2.59 bits per heavy atom. The van der Waals surface area contributed by atoms with Crippen molar-refractivity contribution in [2.75, 3.05) is 13.7 Å². The lowest BCUT2D eigenvalue weighted by Crippen LogP contribution is -2.32. The molecular formula is C12H19NO3S. The zero-order chi connectivity index (χ0) is 13.1. The Labute approximate surface area is 103 Å². The quantitative estimate of drug-likeness (QED) is 0.872. The first-order chi connectivity index (χ1) is 7.86. The second-order valence-electron chi connectivity index (χ2n) is 4.17. The number of benzene rings is 1. The summed E-state index contributed by atoms with van der Waals surface area (Å²) < 4.78 is 31.7. The minimum atomic E-state index is -3.45. The first kappa shape index (κ1) is 14.2. The largest absolute Gasteiger partial charge is 0.380 e. The average Bonchev–Trinajstić information content (AvgIpc) is 2.29. The minimum absolute atomic E-state index is 0.144. The summed E-state index contributed by atoms with van der Waals surface area (Å²) in [6.07, 6.45) is -0.144. The second-order valence-corrected chi connectivity index (χ2v) is 5.90. The van der Waals surface area contributed by atoms with Crippen molar-refractivity contribution in [3.63, 3.8) is 0 Å².